The molecule has 0 aliphatic carbocycles. The number of aryl methyl sites for hydroxylation is 1. The average Bonchev–Trinajstić information content (AvgIpc) is 2.61. The zero-order valence-corrected chi connectivity index (χ0v) is 14.5. The summed E-state index contributed by atoms with van der Waals surface area (Å²) in [5.41, 5.74) is 7.04. The van der Waals surface area contributed by atoms with E-state index in [9.17, 15) is 4.79 Å². The number of hydrogen-bond acceptors (Lipinski definition) is 6. The number of carbonyl (C=O) groups excluding carboxylic acids is 1. The highest BCUT2D eigenvalue weighted by atomic mass is 16.2. The number of nitrogens with two attached hydrogens (primary N) is 1. The standard InChI is InChI=1S/C18H21N7O/c1-12-11-16(20-10-4-9-19)23-17(21-12)25-18(26)24-15-8-7-13-5-2-3-6-14(13)22-15/h2-3,5-8,11H,4,9-10,19H2,1H3,(H3,20,21,22,23,24,25,26). The molecule has 8 heteroatoms. The van der Waals surface area contributed by atoms with Gasteiger partial charge in [-0.25, -0.2) is 14.8 Å². The van der Waals surface area contributed by atoms with Gasteiger partial charge in [-0.15, -0.1) is 0 Å². The summed E-state index contributed by atoms with van der Waals surface area (Å²) in [6.07, 6.45) is 0.833. The molecule has 26 heavy (non-hydrogen) atoms. The van der Waals surface area contributed by atoms with Gasteiger partial charge in [-0.3, -0.25) is 10.6 Å². The highest BCUT2D eigenvalue weighted by Crippen LogP contribution is 2.15. The van der Waals surface area contributed by atoms with Crippen molar-refractivity contribution >= 4 is 34.5 Å². The lowest BCUT2D eigenvalue weighted by molar-refractivity contribution is 0.262. The zero-order valence-electron chi connectivity index (χ0n) is 14.5. The Morgan fingerprint density at radius 1 is 1.04 bits per heavy atom. The lowest BCUT2D eigenvalue weighted by atomic mass is 10.2. The van der Waals surface area contributed by atoms with Crippen molar-refractivity contribution in [2.24, 2.45) is 5.73 Å². The number of benzene rings is 1. The topological polar surface area (TPSA) is 118 Å². The van der Waals surface area contributed by atoms with Crippen LogP contribution in [0.4, 0.5) is 22.4 Å². The van der Waals surface area contributed by atoms with Gasteiger partial charge in [0.2, 0.25) is 5.95 Å². The van der Waals surface area contributed by atoms with Crippen LogP contribution in [0.1, 0.15) is 12.1 Å². The minimum Gasteiger partial charge on any atom is -0.370 e. The van der Waals surface area contributed by atoms with Crippen LogP contribution < -0.4 is 21.7 Å². The molecule has 2 aromatic heterocycles. The van der Waals surface area contributed by atoms with Gasteiger partial charge in [0.15, 0.2) is 0 Å². The van der Waals surface area contributed by atoms with Crippen molar-refractivity contribution in [3.05, 3.63) is 48.2 Å². The van der Waals surface area contributed by atoms with E-state index in [-0.39, 0.29) is 5.95 Å². The monoisotopic (exact) mass is 351 g/mol. The number of hydrogen-bond donors (Lipinski definition) is 4. The van der Waals surface area contributed by atoms with Crippen LogP contribution in [-0.2, 0) is 0 Å². The quantitative estimate of drug-likeness (QED) is 0.507. The number of para-hydroxylation sites is 1. The summed E-state index contributed by atoms with van der Waals surface area (Å²) < 4.78 is 0. The molecule has 0 bridgehead atoms. The Morgan fingerprint density at radius 2 is 1.88 bits per heavy atom. The highest BCUT2D eigenvalue weighted by molar-refractivity contribution is 5.98. The van der Waals surface area contributed by atoms with Crippen molar-refractivity contribution in [1.29, 1.82) is 0 Å². The van der Waals surface area contributed by atoms with Crippen molar-refractivity contribution < 1.29 is 4.79 Å². The normalized spacial score (nSPS) is 10.5. The second-order valence-corrected chi connectivity index (χ2v) is 5.76. The molecular formula is C18H21N7O. The van der Waals surface area contributed by atoms with Crippen LogP contribution in [0.25, 0.3) is 10.9 Å². The van der Waals surface area contributed by atoms with Crippen molar-refractivity contribution in [3.63, 3.8) is 0 Å². The molecule has 8 nitrogen and oxygen atoms in total. The van der Waals surface area contributed by atoms with Crippen LogP contribution >= 0.6 is 0 Å². The Morgan fingerprint density at radius 3 is 2.73 bits per heavy atom. The van der Waals surface area contributed by atoms with E-state index in [1.165, 1.54) is 0 Å². The predicted octanol–water partition coefficient (Wildman–Crippen LogP) is 2.74. The fourth-order valence-corrected chi connectivity index (χ4v) is 2.42. The second-order valence-electron chi connectivity index (χ2n) is 5.76. The van der Waals surface area contributed by atoms with Gasteiger partial charge in [0, 0.05) is 23.7 Å². The first-order chi connectivity index (χ1) is 12.6. The van der Waals surface area contributed by atoms with E-state index < -0.39 is 6.03 Å². The average molecular weight is 351 g/mol. The third kappa shape index (κ3) is 4.64. The van der Waals surface area contributed by atoms with Crippen LogP contribution in [0.2, 0.25) is 0 Å². The highest BCUT2D eigenvalue weighted by Gasteiger charge is 2.08. The van der Waals surface area contributed by atoms with Gasteiger partial charge < -0.3 is 11.1 Å². The van der Waals surface area contributed by atoms with Gasteiger partial charge in [-0.2, -0.15) is 4.98 Å². The maximum absolute atomic E-state index is 12.2. The van der Waals surface area contributed by atoms with Gasteiger partial charge in [-0.05, 0) is 38.1 Å². The molecular weight excluding hydrogens is 330 g/mol. The molecule has 0 atom stereocenters. The predicted molar refractivity (Wildman–Crippen MR) is 103 cm³/mol. The minimum absolute atomic E-state index is 0.221. The van der Waals surface area contributed by atoms with E-state index in [4.69, 9.17) is 5.73 Å². The molecule has 0 spiro atoms. The number of nitrogens with zero attached hydrogens (tertiary/aromatic N) is 3. The molecule has 0 unspecified atom stereocenters. The number of urea groups is 1. The largest absolute Gasteiger partial charge is 0.370 e. The minimum atomic E-state index is -0.453. The van der Waals surface area contributed by atoms with Gasteiger partial charge in [-0.1, -0.05) is 18.2 Å². The maximum Gasteiger partial charge on any atom is 0.327 e. The summed E-state index contributed by atoms with van der Waals surface area (Å²) >= 11 is 0. The number of carbonyl (C=O) groups is 1. The number of rotatable bonds is 6. The summed E-state index contributed by atoms with van der Waals surface area (Å²) in [4.78, 5) is 25.1. The molecule has 0 radical (unpaired) electrons. The third-order valence-electron chi connectivity index (χ3n) is 3.61. The fourth-order valence-electron chi connectivity index (χ4n) is 2.42. The summed E-state index contributed by atoms with van der Waals surface area (Å²) in [5, 5.41) is 9.49. The Labute approximate surface area is 151 Å². The van der Waals surface area contributed by atoms with E-state index in [0.717, 1.165) is 23.0 Å². The van der Waals surface area contributed by atoms with Gasteiger partial charge >= 0.3 is 6.03 Å². The second kappa shape index (κ2) is 8.21. The van der Waals surface area contributed by atoms with E-state index in [1.54, 1.807) is 6.07 Å². The first-order valence-electron chi connectivity index (χ1n) is 8.37. The Bertz CT molecular complexity index is 913. The molecule has 1 aromatic carbocycles. The summed E-state index contributed by atoms with van der Waals surface area (Å²) in [7, 11) is 0. The molecule has 0 saturated heterocycles. The Kier molecular flexibility index (Phi) is 5.55. The van der Waals surface area contributed by atoms with E-state index in [1.807, 2.05) is 43.3 Å². The molecule has 5 N–H and O–H groups in total. The Balaban J connectivity index is 1.66. The molecule has 2 heterocycles. The lowest BCUT2D eigenvalue weighted by Gasteiger charge is -2.10. The smallest absolute Gasteiger partial charge is 0.327 e. The first kappa shape index (κ1) is 17.6. The van der Waals surface area contributed by atoms with Crippen LogP contribution in [0.15, 0.2) is 42.5 Å². The summed E-state index contributed by atoms with van der Waals surface area (Å²) in [6, 6.07) is 12.7. The number of nitrogens with one attached hydrogen (secondary N) is 3. The molecule has 0 aliphatic heterocycles. The summed E-state index contributed by atoms with van der Waals surface area (Å²) in [6.45, 7) is 3.15. The number of fused-ring (bicyclic) bond motifs is 1. The van der Waals surface area contributed by atoms with Crippen LogP contribution in [0.5, 0.6) is 0 Å². The van der Waals surface area contributed by atoms with Gasteiger partial charge in [0.1, 0.15) is 11.6 Å². The van der Waals surface area contributed by atoms with Crippen molar-refractivity contribution in [3.8, 4) is 0 Å². The molecule has 3 rings (SSSR count). The molecule has 0 saturated carbocycles. The Hall–Kier alpha value is -3.26. The van der Waals surface area contributed by atoms with Gasteiger partial charge in [0.25, 0.3) is 0 Å². The number of aromatic nitrogens is 3. The molecule has 2 amide bonds. The number of amides is 2. The summed E-state index contributed by atoms with van der Waals surface area (Å²) in [5.74, 6) is 1.32. The van der Waals surface area contributed by atoms with E-state index in [0.29, 0.717) is 24.7 Å². The van der Waals surface area contributed by atoms with Crippen molar-refractivity contribution in [2.45, 2.75) is 13.3 Å². The van der Waals surface area contributed by atoms with Crippen molar-refractivity contribution in [1.82, 2.24) is 15.0 Å². The first-order valence-corrected chi connectivity index (χ1v) is 8.37. The zero-order chi connectivity index (χ0) is 18.4. The SMILES string of the molecule is Cc1cc(NCCCN)nc(NC(=O)Nc2ccc3ccccc3n2)n1. The number of pyridine rings is 1. The lowest BCUT2D eigenvalue weighted by Crippen LogP contribution is -2.22. The maximum atomic E-state index is 12.2. The van der Waals surface area contributed by atoms with Crippen LogP contribution in [0.3, 0.4) is 0 Å². The fraction of sp³-hybridized carbons (Fsp3) is 0.222. The van der Waals surface area contributed by atoms with Crippen molar-refractivity contribution in [2.75, 3.05) is 29.0 Å². The van der Waals surface area contributed by atoms with E-state index in [2.05, 4.69) is 30.9 Å². The molecule has 134 valence electrons. The third-order valence-corrected chi connectivity index (χ3v) is 3.61. The van der Waals surface area contributed by atoms with E-state index >= 15 is 0 Å². The van der Waals surface area contributed by atoms with Gasteiger partial charge in [0.05, 0.1) is 5.52 Å². The molecule has 3 aromatic rings. The molecule has 0 fully saturated rings. The number of anilines is 3. The molecule has 0 aliphatic rings. The van der Waals surface area contributed by atoms with Crippen LogP contribution in [-0.4, -0.2) is 34.1 Å². The van der Waals surface area contributed by atoms with Crippen LogP contribution in [0, 0.1) is 6.92 Å².